The molecule has 1 heterocycles. The minimum Gasteiger partial charge on any atom is -0.297 e. The first-order valence-corrected chi connectivity index (χ1v) is 8.70. The van der Waals surface area contributed by atoms with Crippen molar-refractivity contribution in [3.8, 4) is 0 Å². The number of sulfone groups is 1. The zero-order chi connectivity index (χ0) is 13.2. The van der Waals surface area contributed by atoms with Crippen molar-refractivity contribution in [1.82, 2.24) is 4.90 Å². The fraction of sp³-hybridized carbons (Fsp3) is 1.00. The summed E-state index contributed by atoms with van der Waals surface area (Å²) in [5, 5.41) is 0. The minimum absolute atomic E-state index is 0.222. The van der Waals surface area contributed by atoms with Gasteiger partial charge in [-0.25, -0.2) is 8.42 Å². The minimum atomic E-state index is -2.87. The van der Waals surface area contributed by atoms with Gasteiger partial charge in [-0.15, -0.1) is 0 Å². The monoisotopic (exact) mass is 261 g/mol. The Morgan fingerprint density at radius 2 is 1.76 bits per heavy atom. The zero-order valence-electron chi connectivity index (χ0n) is 11.8. The van der Waals surface area contributed by atoms with Crippen LogP contribution in [0.25, 0.3) is 0 Å². The Morgan fingerprint density at radius 1 is 1.18 bits per heavy atom. The van der Waals surface area contributed by atoms with E-state index in [1.165, 1.54) is 12.7 Å². The maximum Gasteiger partial charge on any atom is 0.148 e. The van der Waals surface area contributed by atoms with Crippen LogP contribution in [0.4, 0.5) is 0 Å². The predicted molar refractivity (Wildman–Crippen MR) is 72.9 cm³/mol. The van der Waals surface area contributed by atoms with Gasteiger partial charge < -0.3 is 0 Å². The maximum atomic E-state index is 11.5. The van der Waals surface area contributed by atoms with Crippen molar-refractivity contribution in [3.05, 3.63) is 0 Å². The summed E-state index contributed by atoms with van der Waals surface area (Å²) in [4.78, 5) is 2.38. The van der Waals surface area contributed by atoms with Crippen LogP contribution >= 0.6 is 0 Å². The molecule has 17 heavy (non-hydrogen) atoms. The van der Waals surface area contributed by atoms with Crippen LogP contribution in [0.1, 0.15) is 40.5 Å². The molecular weight excluding hydrogens is 234 g/mol. The van der Waals surface area contributed by atoms with Crippen LogP contribution in [0.2, 0.25) is 0 Å². The molecule has 3 nitrogen and oxygen atoms in total. The first-order valence-electron chi connectivity index (χ1n) is 6.64. The summed E-state index contributed by atoms with van der Waals surface area (Å²) in [5.74, 6) is 1.72. The van der Waals surface area contributed by atoms with E-state index in [1.54, 1.807) is 0 Å². The van der Waals surface area contributed by atoms with Gasteiger partial charge in [0.05, 0.1) is 5.75 Å². The highest BCUT2D eigenvalue weighted by atomic mass is 32.2. The van der Waals surface area contributed by atoms with Crippen LogP contribution in [0.3, 0.4) is 0 Å². The maximum absolute atomic E-state index is 11.5. The molecule has 0 N–H and O–H groups in total. The van der Waals surface area contributed by atoms with E-state index in [0.29, 0.717) is 23.6 Å². The second kappa shape index (κ2) is 5.70. The molecule has 0 aromatic carbocycles. The van der Waals surface area contributed by atoms with Crippen molar-refractivity contribution in [1.29, 1.82) is 0 Å². The molecule has 0 bridgehead atoms. The lowest BCUT2D eigenvalue weighted by atomic mass is 9.85. The van der Waals surface area contributed by atoms with Crippen LogP contribution in [0.5, 0.6) is 0 Å². The molecule has 1 rings (SSSR count). The Hall–Kier alpha value is -0.0900. The van der Waals surface area contributed by atoms with Gasteiger partial charge in [-0.05, 0) is 38.5 Å². The smallest absolute Gasteiger partial charge is 0.148 e. The van der Waals surface area contributed by atoms with E-state index >= 15 is 0 Å². The Bertz CT molecular complexity index is 335. The molecule has 4 heteroatoms. The van der Waals surface area contributed by atoms with E-state index in [9.17, 15) is 8.42 Å². The molecule has 1 aliphatic heterocycles. The number of hydrogen-bond donors (Lipinski definition) is 0. The zero-order valence-corrected chi connectivity index (χ0v) is 12.6. The van der Waals surface area contributed by atoms with Gasteiger partial charge in [-0.1, -0.05) is 13.8 Å². The van der Waals surface area contributed by atoms with Gasteiger partial charge in [-0.2, -0.15) is 0 Å². The number of nitrogens with zero attached hydrogens (tertiary/aromatic N) is 1. The molecule has 0 amide bonds. The van der Waals surface area contributed by atoms with Crippen molar-refractivity contribution in [2.45, 2.75) is 52.6 Å². The summed E-state index contributed by atoms with van der Waals surface area (Å²) in [6, 6.07) is 0.656. The summed E-state index contributed by atoms with van der Waals surface area (Å²) in [5.41, 5.74) is 0. The Morgan fingerprint density at radius 3 is 2.18 bits per heavy atom. The molecule has 0 aromatic rings. The van der Waals surface area contributed by atoms with Gasteiger partial charge in [-0.3, -0.25) is 4.90 Å². The SMILES string of the molecule is CC(C)C1CCC(CS(C)(=O)=O)N(C(C)C)C1. The molecule has 1 aliphatic rings. The van der Waals surface area contributed by atoms with Gasteiger partial charge in [0.25, 0.3) is 0 Å². The lowest BCUT2D eigenvalue weighted by Crippen LogP contribution is -2.50. The van der Waals surface area contributed by atoms with E-state index in [1.807, 2.05) is 0 Å². The van der Waals surface area contributed by atoms with Crippen LogP contribution < -0.4 is 0 Å². The van der Waals surface area contributed by atoms with Gasteiger partial charge >= 0.3 is 0 Å². The number of piperidine rings is 1. The summed E-state index contributed by atoms with van der Waals surface area (Å²) in [7, 11) is -2.87. The Balaban J connectivity index is 2.73. The largest absolute Gasteiger partial charge is 0.297 e. The molecule has 1 fully saturated rings. The number of rotatable bonds is 4. The molecule has 0 saturated carbocycles. The van der Waals surface area contributed by atoms with Crippen LogP contribution in [-0.4, -0.2) is 44.0 Å². The second-order valence-corrected chi connectivity index (χ2v) is 8.30. The average molecular weight is 261 g/mol. The number of likely N-dealkylation sites (tertiary alicyclic amines) is 1. The quantitative estimate of drug-likeness (QED) is 0.778. The van der Waals surface area contributed by atoms with E-state index in [4.69, 9.17) is 0 Å². The molecular formula is C13H27NO2S. The third kappa shape index (κ3) is 4.59. The van der Waals surface area contributed by atoms with Crippen molar-refractivity contribution >= 4 is 9.84 Å². The normalized spacial score (nSPS) is 27.9. The lowest BCUT2D eigenvalue weighted by Gasteiger charge is -2.43. The molecule has 0 aromatic heterocycles. The molecule has 2 unspecified atom stereocenters. The van der Waals surface area contributed by atoms with E-state index in [2.05, 4.69) is 32.6 Å². The lowest BCUT2D eigenvalue weighted by molar-refractivity contribution is 0.0706. The first-order chi connectivity index (χ1) is 7.70. The van der Waals surface area contributed by atoms with Crippen molar-refractivity contribution in [2.24, 2.45) is 11.8 Å². The van der Waals surface area contributed by atoms with Gasteiger partial charge in [0.15, 0.2) is 0 Å². The van der Waals surface area contributed by atoms with Crippen LogP contribution in [0.15, 0.2) is 0 Å². The molecule has 1 saturated heterocycles. The van der Waals surface area contributed by atoms with E-state index in [-0.39, 0.29) is 6.04 Å². The second-order valence-electron chi connectivity index (χ2n) is 6.12. The Kier molecular flexibility index (Phi) is 5.02. The fourth-order valence-electron chi connectivity index (χ4n) is 2.79. The van der Waals surface area contributed by atoms with Gasteiger partial charge in [0.2, 0.25) is 0 Å². The molecule has 0 radical (unpaired) electrons. The predicted octanol–water partition coefficient (Wildman–Crippen LogP) is 2.18. The summed E-state index contributed by atoms with van der Waals surface area (Å²) >= 11 is 0. The van der Waals surface area contributed by atoms with E-state index in [0.717, 1.165) is 13.0 Å². The summed E-state index contributed by atoms with van der Waals surface area (Å²) in [6.07, 6.45) is 3.54. The van der Waals surface area contributed by atoms with Gasteiger partial charge in [0, 0.05) is 24.9 Å². The van der Waals surface area contributed by atoms with E-state index < -0.39 is 9.84 Å². The molecule has 102 valence electrons. The van der Waals surface area contributed by atoms with Crippen molar-refractivity contribution in [2.75, 3.05) is 18.6 Å². The third-order valence-electron chi connectivity index (χ3n) is 3.89. The topological polar surface area (TPSA) is 37.4 Å². The summed E-state index contributed by atoms with van der Waals surface area (Å²) < 4.78 is 22.9. The standard InChI is InChI=1S/C13H27NO2S/c1-10(2)12-6-7-13(9-17(5,15)16)14(8-12)11(3)4/h10-13H,6-9H2,1-5H3. The van der Waals surface area contributed by atoms with Crippen molar-refractivity contribution < 1.29 is 8.42 Å². The van der Waals surface area contributed by atoms with Crippen molar-refractivity contribution in [3.63, 3.8) is 0 Å². The van der Waals surface area contributed by atoms with Crippen LogP contribution in [0, 0.1) is 11.8 Å². The first kappa shape index (κ1) is 15.0. The molecule has 0 aliphatic carbocycles. The van der Waals surface area contributed by atoms with Crippen LogP contribution in [-0.2, 0) is 9.84 Å². The van der Waals surface area contributed by atoms with Gasteiger partial charge in [0.1, 0.15) is 9.84 Å². The summed E-state index contributed by atoms with van der Waals surface area (Å²) in [6.45, 7) is 9.91. The Labute approximate surface area is 106 Å². The highest BCUT2D eigenvalue weighted by Crippen LogP contribution is 2.29. The highest BCUT2D eigenvalue weighted by molar-refractivity contribution is 7.90. The molecule has 0 spiro atoms. The average Bonchev–Trinajstić information content (AvgIpc) is 2.14. The number of hydrogen-bond acceptors (Lipinski definition) is 3. The third-order valence-corrected chi connectivity index (χ3v) is 4.88. The highest BCUT2D eigenvalue weighted by Gasteiger charge is 2.32. The fourth-order valence-corrected chi connectivity index (χ4v) is 3.85. The molecule has 2 atom stereocenters.